The Morgan fingerprint density at radius 2 is 2.06 bits per heavy atom. The van der Waals surface area contributed by atoms with Crippen molar-refractivity contribution in [3.8, 4) is 0 Å². The molecule has 1 saturated heterocycles. The summed E-state index contributed by atoms with van der Waals surface area (Å²) in [5.41, 5.74) is 8.49. The van der Waals surface area contributed by atoms with E-state index in [2.05, 4.69) is 35.9 Å². The Balaban J connectivity index is 2.21. The van der Waals surface area contributed by atoms with Crippen molar-refractivity contribution in [3.05, 3.63) is 23.4 Å². The minimum Gasteiger partial charge on any atom is -0.356 e. The van der Waals surface area contributed by atoms with Crippen LogP contribution in [-0.2, 0) is 6.54 Å². The van der Waals surface area contributed by atoms with Gasteiger partial charge in [-0.05, 0) is 49.3 Å². The van der Waals surface area contributed by atoms with E-state index >= 15 is 0 Å². The first kappa shape index (κ1) is 13.3. The molecule has 0 aromatic carbocycles. The van der Waals surface area contributed by atoms with Gasteiger partial charge in [0.1, 0.15) is 5.82 Å². The lowest BCUT2D eigenvalue weighted by Gasteiger charge is -2.27. The van der Waals surface area contributed by atoms with Gasteiger partial charge in [0, 0.05) is 25.3 Å². The van der Waals surface area contributed by atoms with Crippen molar-refractivity contribution in [2.75, 3.05) is 18.0 Å². The quantitative estimate of drug-likeness (QED) is 0.889. The maximum atomic E-state index is 5.75. The van der Waals surface area contributed by atoms with E-state index in [0.717, 1.165) is 24.6 Å². The molecule has 1 aromatic heterocycles. The molecule has 3 nitrogen and oxygen atoms in total. The molecule has 0 spiro atoms. The summed E-state index contributed by atoms with van der Waals surface area (Å²) in [5.74, 6) is 1.11. The van der Waals surface area contributed by atoms with Gasteiger partial charge in [-0.3, -0.25) is 0 Å². The molecular formula is C15H25N3. The second-order valence-corrected chi connectivity index (χ2v) is 5.56. The van der Waals surface area contributed by atoms with Crippen LogP contribution in [0.1, 0.15) is 44.4 Å². The van der Waals surface area contributed by atoms with E-state index in [-0.39, 0.29) is 0 Å². The number of pyridine rings is 1. The molecule has 1 aliphatic heterocycles. The fourth-order valence-corrected chi connectivity index (χ4v) is 2.96. The molecule has 1 aliphatic rings. The normalized spacial score (nSPS) is 18.3. The lowest BCUT2D eigenvalue weighted by molar-refractivity contribution is 0.301. The Kier molecular flexibility index (Phi) is 3.91. The van der Waals surface area contributed by atoms with Gasteiger partial charge >= 0.3 is 0 Å². The second kappa shape index (κ2) is 5.27. The third kappa shape index (κ3) is 2.51. The van der Waals surface area contributed by atoms with Gasteiger partial charge < -0.3 is 10.6 Å². The number of anilines is 1. The highest BCUT2D eigenvalue weighted by atomic mass is 15.2. The largest absolute Gasteiger partial charge is 0.356 e. The van der Waals surface area contributed by atoms with E-state index in [4.69, 9.17) is 5.73 Å². The van der Waals surface area contributed by atoms with E-state index in [1.807, 2.05) is 6.92 Å². The first-order valence-corrected chi connectivity index (χ1v) is 7.05. The Morgan fingerprint density at radius 3 is 2.61 bits per heavy atom. The van der Waals surface area contributed by atoms with Crippen LogP contribution in [0.3, 0.4) is 0 Å². The standard InChI is InChI=1S/C15H25N3/c1-4-15(5-2)6-7-18(11-15)14-9-13(10-16)8-12(3)17-14/h8-9H,4-7,10-11,16H2,1-3H3. The van der Waals surface area contributed by atoms with Crippen molar-refractivity contribution in [1.29, 1.82) is 0 Å². The highest BCUT2D eigenvalue weighted by molar-refractivity contribution is 5.44. The maximum Gasteiger partial charge on any atom is 0.129 e. The molecule has 0 atom stereocenters. The lowest BCUT2D eigenvalue weighted by atomic mass is 9.82. The van der Waals surface area contributed by atoms with E-state index in [1.54, 1.807) is 0 Å². The summed E-state index contributed by atoms with van der Waals surface area (Å²) in [5, 5.41) is 0. The number of hydrogen-bond acceptors (Lipinski definition) is 3. The number of aromatic nitrogens is 1. The number of rotatable bonds is 4. The van der Waals surface area contributed by atoms with Crippen LogP contribution in [0.15, 0.2) is 12.1 Å². The monoisotopic (exact) mass is 247 g/mol. The third-order valence-electron chi connectivity index (χ3n) is 4.50. The van der Waals surface area contributed by atoms with E-state index in [1.165, 1.54) is 24.8 Å². The van der Waals surface area contributed by atoms with Crippen LogP contribution < -0.4 is 10.6 Å². The van der Waals surface area contributed by atoms with Gasteiger partial charge in [-0.25, -0.2) is 4.98 Å². The number of nitrogens with two attached hydrogens (primary N) is 1. The fraction of sp³-hybridized carbons (Fsp3) is 0.667. The van der Waals surface area contributed by atoms with E-state index in [0.29, 0.717) is 12.0 Å². The van der Waals surface area contributed by atoms with E-state index < -0.39 is 0 Å². The molecule has 18 heavy (non-hydrogen) atoms. The van der Waals surface area contributed by atoms with Crippen molar-refractivity contribution >= 4 is 5.82 Å². The summed E-state index contributed by atoms with van der Waals surface area (Å²) >= 11 is 0. The summed E-state index contributed by atoms with van der Waals surface area (Å²) in [6, 6.07) is 4.22. The van der Waals surface area contributed by atoms with Crippen molar-refractivity contribution in [3.63, 3.8) is 0 Å². The molecule has 0 unspecified atom stereocenters. The fourth-order valence-electron chi connectivity index (χ4n) is 2.96. The molecule has 2 N–H and O–H groups in total. The van der Waals surface area contributed by atoms with Gasteiger partial charge in [-0.15, -0.1) is 0 Å². The molecule has 0 bridgehead atoms. The minimum absolute atomic E-state index is 0.494. The number of hydrogen-bond donors (Lipinski definition) is 1. The average Bonchev–Trinajstić information content (AvgIpc) is 2.83. The maximum absolute atomic E-state index is 5.75. The van der Waals surface area contributed by atoms with Crippen LogP contribution in [0.25, 0.3) is 0 Å². The minimum atomic E-state index is 0.494. The summed E-state index contributed by atoms with van der Waals surface area (Å²) in [6.45, 7) is 9.52. The topological polar surface area (TPSA) is 42.1 Å². The zero-order valence-electron chi connectivity index (χ0n) is 11.9. The summed E-state index contributed by atoms with van der Waals surface area (Å²) in [7, 11) is 0. The highest BCUT2D eigenvalue weighted by Gasteiger charge is 2.35. The van der Waals surface area contributed by atoms with Gasteiger partial charge in [0.2, 0.25) is 0 Å². The first-order valence-electron chi connectivity index (χ1n) is 7.05. The average molecular weight is 247 g/mol. The van der Waals surface area contributed by atoms with Gasteiger partial charge in [0.05, 0.1) is 0 Å². The van der Waals surface area contributed by atoms with Crippen molar-refractivity contribution < 1.29 is 0 Å². The predicted molar refractivity (Wildman–Crippen MR) is 76.7 cm³/mol. The Bertz CT molecular complexity index is 410. The second-order valence-electron chi connectivity index (χ2n) is 5.56. The summed E-state index contributed by atoms with van der Waals surface area (Å²) in [6.07, 6.45) is 3.80. The molecular weight excluding hydrogens is 222 g/mol. The number of aryl methyl sites for hydroxylation is 1. The summed E-state index contributed by atoms with van der Waals surface area (Å²) in [4.78, 5) is 7.10. The predicted octanol–water partition coefficient (Wildman–Crippen LogP) is 2.87. The van der Waals surface area contributed by atoms with Gasteiger partial charge in [0.25, 0.3) is 0 Å². The molecule has 0 saturated carbocycles. The first-order chi connectivity index (χ1) is 8.62. The SMILES string of the molecule is CCC1(CC)CCN(c2cc(CN)cc(C)n2)C1. The zero-order chi connectivity index (χ0) is 13.2. The molecule has 1 fully saturated rings. The van der Waals surface area contributed by atoms with Crippen LogP contribution in [0.4, 0.5) is 5.82 Å². The van der Waals surface area contributed by atoms with Crippen molar-refractivity contribution in [2.45, 2.75) is 46.6 Å². The molecule has 2 heterocycles. The summed E-state index contributed by atoms with van der Waals surface area (Å²) < 4.78 is 0. The Labute approximate surface area is 110 Å². The van der Waals surface area contributed by atoms with Crippen LogP contribution >= 0.6 is 0 Å². The van der Waals surface area contributed by atoms with Gasteiger partial charge in [0.15, 0.2) is 0 Å². The smallest absolute Gasteiger partial charge is 0.129 e. The molecule has 100 valence electrons. The molecule has 0 radical (unpaired) electrons. The van der Waals surface area contributed by atoms with Crippen LogP contribution in [0.2, 0.25) is 0 Å². The third-order valence-corrected chi connectivity index (χ3v) is 4.50. The molecule has 0 aliphatic carbocycles. The van der Waals surface area contributed by atoms with Gasteiger partial charge in [-0.2, -0.15) is 0 Å². The van der Waals surface area contributed by atoms with Crippen LogP contribution in [-0.4, -0.2) is 18.1 Å². The van der Waals surface area contributed by atoms with Crippen molar-refractivity contribution in [1.82, 2.24) is 4.98 Å². The molecule has 0 amide bonds. The van der Waals surface area contributed by atoms with E-state index in [9.17, 15) is 0 Å². The zero-order valence-corrected chi connectivity index (χ0v) is 11.9. The Morgan fingerprint density at radius 1 is 1.33 bits per heavy atom. The Hall–Kier alpha value is -1.09. The molecule has 2 rings (SSSR count). The van der Waals surface area contributed by atoms with Crippen molar-refractivity contribution in [2.24, 2.45) is 11.1 Å². The molecule has 3 heteroatoms. The van der Waals surface area contributed by atoms with Crippen LogP contribution in [0.5, 0.6) is 0 Å². The van der Waals surface area contributed by atoms with Crippen LogP contribution in [0, 0.1) is 12.3 Å². The highest BCUT2D eigenvalue weighted by Crippen LogP contribution is 2.38. The lowest BCUT2D eigenvalue weighted by Crippen LogP contribution is -2.27. The van der Waals surface area contributed by atoms with Gasteiger partial charge in [-0.1, -0.05) is 13.8 Å². The number of nitrogens with zero attached hydrogens (tertiary/aromatic N) is 2. The molecule has 1 aromatic rings.